The minimum absolute atomic E-state index is 3.23. The molecule has 4 atom stereocenters. The van der Waals surface area contributed by atoms with Gasteiger partial charge in [0.2, 0.25) is 0 Å². The van der Waals surface area contributed by atoms with Crippen LogP contribution >= 0.6 is 0 Å². The fourth-order valence-electron chi connectivity index (χ4n) is 8.05. The lowest BCUT2D eigenvalue weighted by Gasteiger charge is -2.56. The highest BCUT2D eigenvalue weighted by molar-refractivity contribution is 5.90. The van der Waals surface area contributed by atoms with E-state index >= 15 is 8.78 Å². The fourth-order valence-corrected chi connectivity index (χ4v) is 8.05. The van der Waals surface area contributed by atoms with Crippen LogP contribution in [0.4, 0.5) is 110 Å². The Bertz CT molecular complexity index is 1080. The average molecular weight is 669 g/mol. The zero-order chi connectivity index (χ0) is 33.1. The third-order valence-corrected chi connectivity index (χ3v) is 8.37. The van der Waals surface area contributed by atoms with Crippen LogP contribution in [0.2, 0.25) is 0 Å². The van der Waals surface area contributed by atoms with Crippen molar-refractivity contribution in [3.05, 3.63) is 0 Å². The molecule has 1 nitrogen and oxygen atoms in total. The molecule has 3 saturated heterocycles. The van der Waals surface area contributed by atoms with Crippen molar-refractivity contribution >= 4 is 0 Å². The van der Waals surface area contributed by atoms with Crippen molar-refractivity contribution in [3.8, 4) is 0 Å². The summed E-state index contributed by atoms with van der Waals surface area (Å²) in [5, 5.41) is 0. The van der Waals surface area contributed by atoms with Gasteiger partial charge in [-0.05, 0) is 0 Å². The van der Waals surface area contributed by atoms with Crippen LogP contribution in [-0.4, -0.2) is 82.0 Å². The van der Waals surface area contributed by atoms with E-state index in [1.807, 2.05) is 0 Å². The van der Waals surface area contributed by atoms with Crippen molar-refractivity contribution in [1.82, 2.24) is 4.90 Å². The summed E-state index contributed by atoms with van der Waals surface area (Å²) >= 11 is 0. The molecule has 0 amide bonds. The smallest absolute Gasteiger partial charge is 0.265 e. The third kappa shape index (κ3) is 2.05. The van der Waals surface area contributed by atoms with Crippen LogP contribution in [0.15, 0.2) is 0 Å². The Morgan fingerprint density at radius 3 is 0.659 bits per heavy atom. The van der Waals surface area contributed by atoms with Crippen molar-refractivity contribution in [2.24, 2.45) is 10.8 Å². The third-order valence-electron chi connectivity index (χ3n) is 8.37. The number of hydrogen-bond acceptors (Lipinski definition) is 1. The molecule has 0 N–H and O–H groups in total. The van der Waals surface area contributed by atoms with Crippen LogP contribution in [0.5, 0.6) is 0 Å². The van der Waals surface area contributed by atoms with Crippen molar-refractivity contribution in [2.45, 2.75) is 77.1 Å². The second kappa shape index (κ2) is 6.36. The van der Waals surface area contributed by atoms with E-state index in [9.17, 15) is 101 Å². The molecule has 3 heterocycles. The van der Waals surface area contributed by atoms with E-state index in [0.717, 1.165) is 0 Å². The maximum absolute atomic E-state index is 15.1. The SMILES string of the molecule is FC(F)(F)C(F)(F)C12N3C4(C(F)(C(F)(F)F)C(F)(F)F)C3(C(F)(C(F)(F)F)C(F)(F)F)C1(C(F)(F)F)C42C(F)(F)F. The summed E-state index contributed by atoms with van der Waals surface area (Å²) in [4.78, 5) is -3.23. The Morgan fingerprint density at radius 1 is 0.293 bits per heavy atom. The minimum Gasteiger partial charge on any atom is -0.265 e. The van der Waals surface area contributed by atoms with E-state index in [2.05, 4.69) is 0 Å². The van der Waals surface area contributed by atoms with Gasteiger partial charge in [-0.2, -0.15) is 101 Å². The summed E-state index contributed by atoms with van der Waals surface area (Å²) in [5.74, 6) is -8.11. The number of halogens is 25. The Hall–Kier alpha value is -1.79. The molecule has 5 fully saturated rings. The zero-order valence-electron chi connectivity index (χ0n) is 17.4. The normalized spacial score (nSPS) is 39.6. The van der Waals surface area contributed by atoms with Crippen molar-refractivity contribution < 1.29 is 110 Å². The van der Waals surface area contributed by atoms with Gasteiger partial charge in [0.05, 0.1) is 0 Å². The second-order valence-electron chi connectivity index (χ2n) is 9.34. The second-order valence-corrected chi connectivity index (χ2v) is 9.34. The number of nitrogens with zero attached hydrogens (tertiary/aromatic N) is 1. The van der Waals surface area contributed by atoms with E-state index in [1.165, 1.54) is 0 Å². The molecule has 2 saturated carbocycles. The molecule has 5 aliphatic rings. The fraction of sp³-hybridized carbons (Fsp3) is 1.00. The highest BCUT2D eigenvalue weighted by atomic mass is 19.5. The standard InChI is InChI=1S/C15F25N/c16-3(11(26,27)28,12(29,30)31)6-1(9(20,21)22)2(10(23,24)25)5(1,8(18,19)15(38,39)40)41(6)7(2,6)4(17,13(32,33)34)14(35,36)37. The molecule has 0 bridgehead atoms. The molecular weight excluding hydrogens is 669 g/mol. The summed E-state index contributed by atoms with van der Waals surface area (Å²) in [6.45, 7) is 0. The van der Waals surface area contributed by atoms with Crippen LogP contribution in [0.3, 0.4) is 0 Å². The first kappa shape index (κ1) is 32.1. The molecule has 5 rings (SSSR count). The number of hydrogen-bond donors (Lipinski definition) is 0. The van der Waals surface area contributed by atoms with E-state index in [1.54, 1.807) is 0 Å². The van der Waals surface area contributed by atoms with Gasteiger partial charge in [-0.25, -0.2) is 8.78 Å². The van der Waals surface area contributed by atoms with Gasteiger partial charge >= 0.3 is 60.5 Å². The van der Waals surface area contributed by atoms with Gasteiger partial charge in [-0.15, -0.1) is 0 Å². The van der Waals surface area contributed by atoms with Crippen LogP contribution in [0.1, 0.15) is 0 Å². The average Bonchev–Trinajstić information content (AvgIpc) is 3.17. The Balaban J connectivity index is 2.37. The number of piperidine rings is 1. The first-order chi connectivity index (χ1) is 17.4. The molecule has 0 spiro atoms. The molecule has 0 radical (unpaired) electrons. The first-order valence-electron chi connectivity index (χ1n) is 9.40. The summed E-state index contributed by atoms with van der Waals surface area (Å²) in [6.07, 6.45) is -58.2. The molecule has 240 valence electrons. The lowest BCUT2D eigenvalue weighted by Crippen LogP contribution is -2.84. The number of rotatable bonds is 3. The molecular formula is C15F25N. The largest absolute Gasteiger partial charge is 0.455 e. The van der Waals surface area contributed by atoms with Gasteiger partial charge in [-0.1, -0.05) is 0 Å². The molecule has 0 aromatic heterocycles. The molecule has 0 aromatic rings. The zero-order valence-corrected chi connectivity index (χ0v) is 17.4. The Labute approximate surface area is 204 Å². The first-order valence-corrected chi connectivity index (χ1v) is 9.40. The van der Waals surface area contributed by atoms with E-state index in [4.69, 9.17) is 0 Å². The van der Waals surface area contributed by atoms with E-state index < -0.39 is 92.8 Å². The maximum Gasteiger partial charge on any atom is 0.455 e. The summed E-state index contributed by atoms with van der Waals surface area (Å²) in [5.41, 5.74) is -53.9. The predicted octanol–water partition coefficient (Wildman–Crippen LogP) is 7.52. The van der Waals surface area contributed by atoms with Crippen LogP contribution in [0, 0.1) is 10.8 Å². The Kier molecular flexibility index (Phi) is 4.98. The van der Waals surface area contributed by atoms with Gasteiger partial charge in [0, 0.05) is 0 Å². The van der Waals surface area contributed by atoms with Gasteiger partial charge in [0.15, 0.2) is 0 Å². The van der Waals surface area contributed by atoms with Gasteiger partial charge in [-0.3, -0.25) is 4.90 Å². The van der Waals surface area contributed by atoms with Crippen LogP contribution in [-0.2, 0) is 0 Å². The van der Waals surface area contributed by atoms with E-state index in [-0.39, 0.29) is 0 Å². The molecule has 2 aliphatic carbocycles. The van der Waals surface area contributed by atoms with E-state index in [0.29, 0.717) is 0 Å². The minimum atomic E-state index is -8.58. The molecule has 41 heavy (non-hydrogen) atoms. The van der Waals surface area contributed by atoms with Crippen molar-refractivity contribution in [3.63, 3.8) is 0 Å². The van der Waals surface area contributed by atoms with Crippen LogP contribution in [0.25, 0.3) is 0 Å². The summed E-state index contributed by atoms with van der Waals surface area (Å²) < 4.78 is 344. The quantitative estimate of drug-likeness (QED) is 0.222. The number of alkyl halides is 25. The summed E-state index contributed by atoms with van der Waals surface area (Å²) in [6, 6.07) is 0. The molecule has 3 aliphatic heterocycles. The van der Waals surface area contributed by atoms with Gasteiger partial charge < -0.3 is 0 Å². The highest BCUT2D eigenvalue weighted by Crippen LogP contribution is 3.24. The van der Waals surface area contributed by atoms with Crippen molar-refractivity contribution in [2.75, 3.05) is 0 Å². The van der Waals surface area contributed by atoms with Crippen molar-refractivity contribution in [1.29, 1.82) is 0 Å². The van der Waals surface area contributed by atoms with Crippen LogP contribution < -0.4 is 0 Å². The lowest BCUT2D eigenvalue weighted by molar-refractivity contribution is -0.425. The predicted molar refractivity (Wildman–Crippen MR) is 69.9 cm³/mol. The van der Waals surface area contributed by atoms with Gasteiger partial charge in [0.25, 0.3) is 0 Å². The molecule has 26 heteroatoms. The molecule has 4 unspecified atom stereocenters. The maximum atomic E-state index is 15.1. The Morgan fingerprint density at radius 2 is 0.512 bits per heavy atom. The molecule has 0 aromatic carbocycles. The topological polar surface area (TPSA) is 3.01 Å². The van der Waals surface area contributed by atoms with Gasteiger partial charge in [0.1, 0.15) is 27.4 Å². The highest BCUT2D eigenvalue weighted by Gasteiger charge is 3.49. The monoisotopic (exact) mass is 669 g/mol. The summed E-state index contributed by atoms with van der Waals surface area (Å²) in [7, 11) is 0. The lowest BCUT2D eigenvalue weighted by atomic mass is 9.46.